The third kappa shape index (κ3) is 1.97. The maximum atomic E-state index is 11.7. The number of amidine groups is 1. The Morgan fingerprint density at radius 2 is 1.88 bits per heavy atom. The van der Waals surface area contributed by atoms with E-state index in [0.29, 0.717) is 16.4 Å². The van der Waals surface area contributed by atoms with Crippen molar-refractivity contribution in [3.05, 3.63) is 34.9 Å². The number of hydrogen-bond acceptors (Lipinski definition) is 2. The summed E-state index contributed by atoms with van der Waals surface area (Å²) >= 11 is 5.73. The Kier molecular flexibility index (Phi) is 2.75. The summed E-state index contributed by atoms with van der Waals surface area (Å²) in [5, 5.41) is 3.09. The Labute approximate surface area is 97.3 Å². The van der Waals surface area contributed by atoms with E-state index in [9.17, 15) is 9.59 Å². The molecular formula is C11H9ClN2O2. The van der Waals surface area contributed by atoms with E-state index in [1.54, 1.807) is 31.2 Å². The zero-order valence-corrected chi connectivity index (χ0v) is 9.28. The number of carbonyl (C=O) groups excluding carboxylic acids is 2. The Hall–Kier alpha value is -1.68. The predicted octanol–water partition coefficient (Wildman–Crippen LogP) is 1.50. The van der Waals surface area contributed by atoms with Crippen LogP contribution in [0.25, 0.3) is 0 Å². The van der Waals surface area contributed by atoms with Gasteiger partial charge in [-0.3, -0.25) is 9.59 Å². The van der Waals surface area contributed by atoms with Crippen LogP contribution in [0, 0.1) is 0 Å². The molecule has 2 rings (SSSR count). The lowest BCUT2D eigenvalue weighted by Crippen LogP contribution is -2.41. The molecule has 1 unspecified atom stereocenters. The van der Waals surface area contributed by atoms with Crippen LogP contribution in [0.3, 0.4) is 0 Å². The van der Waals surface area contributed by atoms with Gasteiger partial charge in [-0.25, -0.2) is 0 Å². The fraction of sp³-hybridized carbons (Fsp3) is 0.182. The zero-order valence-electron chi connectivity index (χ0n) is 8.53. The average Bonchev–Trinajstić information content (AvgIpc) is 2.19. The second-order valence-corrected chi connectivity index (χ2v) is 3.95. The average molecular weight is 237 g/mol. The van der Waals surface area contributed by atoms with Crippen LogP contribution in [0.5, 0.6) is 0 Å². The van der Waals surface area contributed by atoms with E-state index < -0.39 is 11.8 Å². The number of nitrogens with one attached hydrogen (secondary N) is 1. The molecule has 82 valence electrons. The summed E-state index contributed by atoms with van der Waals surface area (Å²) in [7, 11) is 0. The largest absolute Gasteiger partial charge is 0.313 e. The van der Waals surface area contributed by atoms with Gasteiger partial charge in [-0.2, -0.15) is 4.99 Å². The van der Waals surface area contributed by atoms with Crippen molar-refractivity contribution in [2.45, 2.75) is 12.8 Å². The van der Waals surface area contributed by atoms with Gasteiger partial charge in [0.2, 0.25) is 5.91 Å². The number of hydrogen-bond donors (Lipinski definition) is 1. The van der Waals surface area contributed by atoms with E-state index in [-0.39, 0.29) is 5.91 Å². The third-order valence-corrected chi connectivity index (χ3v) is 2.55. The number of rotatable bonds is 1. The quantitative estimate of drug-likeness (QED) is 0.752. The summed E-state index contributed by atoms with van der Waals surface area (Å²) < 4.78 is 0. The summed E-state index contributed by atoms with van der Waals surface area (Å²) in [4.78, 5) is 27.0. The van der Waals surface area contributed by atoms with Gasteiger partial charge in [0.05, 0.1) is 0 Å². The molecule has 1 aliphatic heterocycles. The highest BCUT2D eigenvalue weighted by atomic mass is 35.5. The van der Waals surface area contributed by atoms with E-state index in [2.05, 4.69) is 10.3 Å². The number of aliphatic imine (C=N–C) groups is 1. The van der Waals surface area contributed by atoms with E-state index >= 15 is 0 Å². The number of benzene rings is 1. The van der Waals surface area contributed by atoms with Gasteiger partial charge in [-0.15, -0.1) is 0 Å². The molecule has 2 amide bonds. The van der Waals surface area contributed by atoms with Crippen LogP contribution >= 0.6 is 11.6 Å². The molecule has 0 radical (unpaired) electrons. The molecule has 5 heteroatoms. The fourth-order valence-corrected chi connectivity index (χ4v) is 1.70. The molecule has 1 aromatic carbocycles. The van der Waals surface area contributed by atoms with Gasteiger partial charge in [-0.05, 0) is 24.6 Å². The van der Waals surface area contributed by atoms with Gasteiger partial charge in [-0.1, -0.05) is 23.7 Å². The summed E-state index contributed by atoms with van der Waals surface area (Å²) in [6.45, 7) is 1.58. The van der Waals surface area contributed by atoms with Gasteiger partial charge >= 0.3 is 0 Å². The lowest BCUT2D eigenvalue weighted by Gasteiger charge is -2.18. The summed E-state index contributed by atoms with van der Waals surface area (Å²) in [6, 6.07) is 6.59. The minimum atomic E-state index is -0.860. The molecular weight excluding hydrogens is 228 g/mol. The zero-order chi connectivity index (χ0) is 11.7. The maximum absolute atomic E-state index is 11.7. The summed E-state index contributed by atoms with van der Waals surface area (Å²) in [5.74, 6) is -1.32. The van der Waals surface area contributed by atoms with Crippen molar-refractivity contribution in [3.8, 4) is 0 Å². The highest BCUT2D eigenvalue weighted by Crippen LogP contribution is 2.22. The molecule has 0 bridgehead atoms. The Balaban J connectivity index is 2.37. The van der Waals surface area contributed by atoms with Crippen LogP contribution in [0.2, 0.25) is 5.02 Å². The van der Waals surface area contributed by atoms with E-state index in [1.807, 2.05) is 0 Å². The number of amides is 2. The van der Waals surface area contributed by atoms with Gasteiger partial charge < -0.3 is 5.32 Å². The Morgan fingerprint density at radius 1 is 1.25 bits per heavy atom. The first kappa shape index (κ1) is 10.8. The molecule has 4 nitrogen and oxygen atoms in total. The fourth-order valence-electron chi connectivity index (χ4n) is 1.57. The topological polar surface area (TPSA) is 58.5 Å². The minimum Gasteiger partial charge on any atom is -0.313 e. The van der Waals surface area contributed by atoms with Crippen LogP contribution in [0.1, 0.15) is 18.4 Å². The summed E-state index contributed by atoms with van der Waals surface area (Å²) in [5.41, 5.74) is 0.600. The molecule has 0 spiro atoms. The molecule has 0 aromatic heterocycles. The first-order valence-electron chi connectivity index (χ1n) is 4.73. The number of nitrogens with zero attached hydrogens (tertiary/aromatic N) is 1. The van der Waals surface area contributed by atoms with Crippen molar-refractivity contribution in [1.29, 1.82) is 0 Å². The highest BCUT2D eigenvalue weighted by Gasteiger charge is 2.31. The molecule has 0 saturated heterocycles. The summed E-state index contributed by atoms with van der Waals surface area (Å²) in [6.07, 6.45) is 0. The molecule has 0 aliphatic carbocycles. The van der Waals surface area contributed by atoms with Gasteiger partial charge in [0, 0.05) is 5.02 Å². The monoisotopic (exact) mass is 236 g/mol. The standard InChI is InChI=1S/C11H9ClN2O2/c1-6-13-10(15)9(11(16)14-6)7-2-4-8(12)5-3-7/h2-5,9H,1H3,(H,13,14,15,16). The molecule has 0 saturated carbocycles. The van der Waals surface area contributed by atoms with Crippen molar-refractivity contribution in [3.63, 3.8) is 0 Å². The Bertz CT molecular complexity index is 479. The van der Waals surface area contributed by atoms with Gasteiger partial charge in [0.25, 0.3) is 5.91 Å². The molecule has 1 aliphatic rings. The third-order valence-electron chi connectivity index (χ3n) is 2.29. The second-order valence-electron chi connectivity index (χ2n) is 3.51. The van der Waals surface area contributed by atoms with Gasteiger partial charge in [0.15, 0.2) is 0 Å². The number of halogens is 1. The molecule has 1 atom stereocenters. The van der Waals surface area contributed by atoms with Crippen LogP contribution in [0.4, 0.5) is 0 Å². The first-order valence-corrected chi connectivity index (χ1v) is 5.11. The van der Waals surface area contributed by atoms with E-state index in [0.717, 1.165) is 0 Å². The molecule has 1 heterocycles. The predicted molar refractivity (Wildman–Crippen MR) is 60.5 cm³/mol. The Morgan fingerprint density at radius 3 is 2.44 bits per heavy atom. The lowest BCUT2D eigenvalue weighted by molar-refractivity contribution is -0.129. The van der Waals surface area contributed by atoms with Crippen LogP contribution in [-0.4, -0.2) is 17.6 Å². The van der Waals surface area contributed by atoms with Crippen LogP contribution < -0.4 is 5.32 Å². The van der Waals surface area contributed by atoms with Crippen molar-refractivity contribution in [1.82, 2.24) is 5.32 Å². The maximum Gasteiger partial charge on any atom is 0.264 e. The van der Waals surface area contributed by atoms with Gasteiger partial charge in [0.1, 0.15) is 11.8 Å². The van der Waals surface area contributed by atoms with Crippen molar-refractivity contribution in [2.24, 2.45) is 4.99 Å². The molecule has 0 fully saturated rings. The minimum absolute atomic E-state index is 0.334. The van der Waals surface area contributed by atoms with Crippen molar-refractivity contribution >= 4 is 29.3 Å². The van der Waals surface area contributed by atoms with Crippen LogP contribution in [0.15, 0.2) is 29.3 Å². The van der Waals surface area contributed by atoms with E-state index in [1.165, 1.54) is 0 Å². The smallest absolute Gasteiger partial charge is 0.264 e. The molecule has 1 N–H and O–H groups in total. The first-order chi connectivity index (χ1) is 7.58. The number of carbonyl (C=O) groups is 2. The molecule has 1 aromatic rings. The van der Waals surface area contributed by atoms with Crippen molar-refractivity contribution < 1.29 is 9.59 Å². The highest BCUT2D eigenvalue weighted by molar-refractivity contribution is 6.30. The molecule has 16 heavy (non-hydrogen) atoms. The normalized spacial score (nSPS) is 20.4. The van der Waals surface area contributed by atoms with Crippen LogP contribution in [-0.2, 0) is 9.59 Å². The SMILES string of the molecule is CC1=NC(=O)C(c2ccc(Cl)cc2)C(=O)N1. The second kappa shape index (κ2) is 4.06. The lowest BCUT2D eigenvalue weighted by atomic mass is 9.96. The van der Waals surface area contributed by atoms with E-state index in [4.69, 9.17) is 11.6 Å². The van der Waals surface area contributed by atoms with Crippen molar-refractivity contribution in [2.75, 3.05) is 0 Å².